The molecule has 1 fully saturated rings. The number of nitrogens with one attached hydrogen (secondary N) is 1. The normalized spacial score (nSPS) is 14.6. The first-order valence-corrected chi connectivity index (χ1v) is 8.96. The molecule has 1 aliphatic rings. The highest BCUT2D eigenvalue weighted by molar-refractivity contribution is 5.90. The van der Waals surface area contributed by atoms with Gasteiger partial charge in [-0.25, -0.2) is 4.98 Å². The average molecular weight is 388 g/mol. The van der Waals surface area contributed by atoms with E-state index in [2.05, 4.69) is 20.3 Å². The Balaban J connectivity index is 1.97. The minimum atomic E-state index is -4.50. The second-order valence-corrected chi connectivity index (χ2v) is 6.64. The number of alkyl halides is 3. The maximum absolute atomic E-state index is 13.8. The van der Waals surface area contributed by atoms with Crippen molar-refractivity contribution in [2.24, 2.45) is 0 Å². The van der Waals surface area contributed by atoms with Gasteiger partial charge in [-0.05, 0) is 37.1 Å². The van der Waals surface area contributed by atoms with Gasteiger partial charge in [-0.1, -0.05) is 6.07 Å². The summed E-state index contributed by atoms with van der Waals surface area (Å²) in [4.78, 5) is 14.6. The lowest BCUT2D eigenvalue weighted by molar-refractivity contribution is -0.137. The van der Waals surface area contributed by atoms with Crippen LogP contribution in [0.2, 0.25) is 0 Å². The van der Waals surface area contributed by atoms with Crippen molar-refractivity contribution in [2.45, 2.75) is 19.0 Å². The summed E-state index contributed by atoms with van der Waals surface area (Å²) in [6, 6.07) is 7.50. The number of nitrogen functional groups attached to an aromatic ring is 1. The van der Waals surface area contributed by atoms with Crippen molar-refractivity contribution >= 4 is 28.5 Å². The van der Waals surface area contributed by atoms with E-state index in [9.17, 15) is 13.2 Å². The van der Waals surface area contributed by atoms with Gasteiger partial charge in [-0.2, -0.15) is 23.1 Å². The molecular formula is C19H19F3N6. The molecule has 0 aliphatic carbocycles. The number of benzene rings is 1. The predicted molar refractivity (Wildman–Crippen MR) is 103 cm³/mol. The molecule has 0 saturated carbocycles. The number of nitrogens with zero attached hydrogens (tertiary/aromatic N) is 4. The van der Waals surface area contributed by atoms with E-state index in [1.165, 1.54) is 6.07 Å². The largest absolute Gasteiger partial charge is 0.417 e. The topological polar surface area (TPSA) is 80.0 Å². The molecular weight excluding hydrogens is 369 g/mol. The zero-order valence-corrected chi connectivity index (χ0v) is 15.2. The molecule has 0 spiro atoms. The first-order chi connectivity index (χ1) is 13.4. The number of nitrogens with two attached hydrogens (primary N) is 1. The number of anilines is 3. The van der Waals surface area contributed by atoms with Gasteiger partial charge in [-0.15, -0.1) is 0 Å². The van der Waals surface area contributed by atoms with Crippen molar-refractivity contribution in [3.8, 4) is 11.3 Å². The SMILES string of the molecule is CNc1nc(N)nc2nc(-c3c(N4CCCC4)cccc3C(F)(F)F)ccc12. The molecule has 0 bridgehead atoms. The van der Waals surface area contributed by atoms with Crippen LogP contribution in [0.15, 0.2) is 30.3 Å². The lowest BCUT2D eigenvalue weighted by atomic mass is 10.00. The van der Waals surface area contributed by atoms with Crippen molar-refractivity contribution in [2.75, 3.05) is 36.1 Å². The summed E-state index contributed by atoms with van der Waals surface area (Å²) in [6.07, 6.45) is -2.59. The number of aromatic nitrogens is 3. The van der Waals surface area contributed by atoms with Gasteiger partial charge < -0.3 is 16.0 Å². The van der Waals surface area contributed by atoms with Gasteiger partial charge in [0.05, 0.1) is 16.6 Å². The van der Waals surface area contributed by atoms with Crippen molar-refractivity contribution < 1.29 is 13.2 Å². The van der Waals surface area contributed by atoms with Crippen molar-refractivity contribution in [3.63, 3.8) is 0 Å². The Morgan fingerprint density at radius 3 is 2.46 bits per heavy atom. The Morgan fingerprint density at radius 2 is 1.79 bits per heavy atom. The van der Waals surface area contributed by atoms with Gasteiger partial charge in [0.15, 0.2) is 5.65 Å². The summed E-state index contributed by atoms with van der Waals surface area (Å²) in [5.41, 5.74) is 6.09. The van der Waals surface area contributed by atoms with Gasteiger partial charge in [0, 0.05) is 31.4 Å². The number of fused-ring (bicyclic) bond motifs is 1. The van der Waals surface area contributed by atoms with Crippen LogP contribution in [-0.4, -0.2) is 35.1 Å². The first kappa shape index (κ1) is 18.3. The van der Waals surface area contributed by atoms with Crippen molar-refractivity contribution in [1.29, 1.82) is 0 Å². The Kier molecular flexibility index (Phi) is 4.44. The zero-order chi connectivity index (χ0) is 19.9. The molecule has 6 nitrogen and oxygen atoms in total. The third kappa shape index (κ3) is 3.17. The van der Waals surface area contributed by atoms with Crippen molar-refractivity contribution in [1.82, 2.24) is 15.0 Å². The van der Waals surface area contributed by atoms with Crippen LogP contribution in [-0.2, 0) is 6.18 Å². The van der Waals surface area contributed by atoms with Gasteiger partial charge in [-0.3, -0.25) is 0 Å². The number of hydrogen-bond donors (Lipinski definition) is 2. The molecule has 3 heterocycles. The summed E-state index contributed by atoms with van der Waals surface area (Å²) in [5.74, 6) is 0.482. The molecule has 3 aromatic rings. The van der Waals surface area contributed by atoms with Crippen LogP contribution in [0, 0.1) is 0 Å². The van der Waals surface area contributed by atoms with E-state index in [1.54, 1.807) is 25.2 Å². The fourth-order valence-corrected chi connectivity index (χ4v) is 3.62. The van der Waals surface area contributed by atoms with E-state index in [4.69, 9.17) is 5.73 Å². The van der Waals surface area contributed by atoms with Crippen LogP contribution >= 0.6 is 0 Å². The van der Waals surface area contributed by atoms with Crippen LogP contribution in [0.1, 0.15) is 18.4 Å². The smallest absolute Gasteiger partial charge is 0.372 e. The maximum Gasteiger partial charge on any atom is 0.417 e. The molecule has 28 heavy (non-hydrogen) atoms. The molecule has 1 saturated heterocycles. The van der Waals surface area contributed by atoms with E-state index < -0.39 is 11.7 Å². The number of halogens is 3. The molecule has 0 unspecified atom stereocenters. The number of hydrogen-bond acceptors (Lipinski definition) is 6. The molecule has 146 valence electrons. The third-order valence-corrected chi connectivity index (χ3v) is 4.86. The second kappa shape index (κ2) is 6.81. The average Bonchev–Trinajstić information content (AvgIpc) is 3.20. The van der Waals surface area contributed by atoms with E-state index >= 15 is 0 Å². The molecule has 0 radical (unpaired) electrons. The minimum Gasteiger partial charge on any atom is -0.372 e. The highest BCUT2D eigenvalue weighted by atomic mass is 19.4. The Morgan fingerprint density at radius 1 is 1.04 bits per heavy atom. The molecule has 4 rings (SSSR count). The molecule has 0 atom stereocenters. The summed E-state index contributed by atoms with van der Waals surface area (Å²) >= 11 is 0. The van der Waals surface area contributed by atoms with E-state index in [0.29, 0.717) is 16.9 Å². The van der Waals surface area contributed by atoms with Crippen LogP contribution in [0.4, 0.5) is 30.6 Å². The van der Waals surface area contributed by atoms with E-state index in [1.807, 2.05) is 4.90 Å². The summed E-state index contributed by atoms with van der Waals surface area (Å²) in [7, 11) is 1.68. The molecule has 1 aliphatic heterocycles. The Bertz CT molecular complexity index is 1030. The highest BCUT2D eigenvalue weighted by Gasteiger charge is 2.36. The fourth-order valence-electron chi connectivity index (χ4n) is 3.62. The standard InChI is InChI=1S/C19H19F3N6/c1-24-16-11-7-8-13(25-17(11)27-18(23)26-16)15-12(19(20,21)22)5-4-6-14(15)28-9-2-3-10-28/h4-8H,2-3,9-10H2,1H3,(H3,23,24,25,26,27). The van der Waals surface area contributed by atoms with Crippen LogP contribution in [0.25, 0.3) is 22.3 Å². The summed E-state index contributed by atoms with van der Waals surface area (Å²) in [6.45, 7) is 1.45. The molecule has 1 aromatic carbocycles. The zero-order valence-electron chi connectivity index (χ0n) is 15.2. The second-order valence-electron chi connectivity index (χ2n) is 6.64. The predicted octanol–water partition coefficient (Wildman–Crippen LogP) is 3.93. The quantitative estimate of drug-likeness (QED) is 0.708. The highest BCUT2D eigenvalue weighted by Crippen LogP contribution is 2.43. The van der Waals surface area contributed by atoms with E-state index in [0.717, 1.165) is 32.0 Å². The lowest BCUT2D eigenvalue weighted by Gasteiger charge is -2.24. The van der Waals surface area contributed by atoms with Crippen LogP contribution in [0.5, 0.6) is 0 Å². The van der Waals surface area contributed by atoms with Gasteiger partial charge in [0.1, 0.15) is 5.82 Å². The maximum atomic E-state index is 13.8. The van der Waals surface area contributed by atoms with Gasteiger partial charge in [0.25, 0.3) is 0 Å². The van der Waals surface area contributed by atoms with Gasteiger partial charge in [0.2, 0.25) is 5.95 Å². The molecule has 9 heteroatoms. The monoisotopic (exact) mass is 388 g/mol. The van der Waals surface area contributed by atoms with Crippen LogP contribution < -0.4 is 16.0 Å². The number of rotatable bonds is 3. The Labute approximate surface area is 159 Å². The minimum absolute atomic E-state index is 0.00497. The fraction of sp³-hybridized carbons (Fsp3) is 0.316. The third-order valence-electron chi connectivity index (χ3n) is 4.86. The molecule has 2 aromatic heterocycles. The summed E-state index contributed by atoms with van der Waals surface area (Å²) < 4.78 is 41.4. The van der Waals surface area contributed by atoms with Crippen LogP contribution in [0.3, 0.4) is 0 Å². The summed E-state index contributed by atoms with van der Waals surface area (Å²) in [5, 5.41) is 3.49. The number of pyridine rings is 1. The molecule has 0 amide bonds. The van der Waals surface area contributed by atoms with Gasteiger partial charge >= 0.3 is 6.18 Å². The van der Waals surface area contributed by atoms with E-state index in [-0.39, 0.29) is 22.9 Å². The van der Waals surface area contributed by atoms with Crippen molar-refractivity contribution in [3.05, 3.63) is 35.9 Å². The molecule has 3 N–H and O–H groups in total. The first-order valence-electron chi connectivity index (χ1n) is 8.96. The lowest BCUT2D eigenvalue weighted by Crippen LogP contribution is -2.20. The Hall–Kier alpha value is -3.10.